The van der Waals surface area contributed by atoms with Crippen LogP contribution in [0.1, 0.15) is 6.92 Å². The molecule has 0 spiro atoms. The summed E-state index contributed by atoms with van der Waals surface area (Å²) in [6, 6.07) is 2.82. The Bertz CT molecular complexity index is 410. The number of hydrogen-bond acceptors (Lipinski definition) is 5. The van der Waals surface area contributed by atoms with Gasteiger partial charge in [-0.15, -0.1) is 0 Å². The summed E-state index contributed by atoms with van der Waals surface area (Å²) < 4.78 is 0. The number of hydrogen-bond donors (Lipinski definition) is 1. The topological polar surface area (TPSA) is 93.3 Å². The van der Waals surface area contributed by atoms with E-state index in [0.29, 0.717) is 0 Å². The second kappa shape index (κ2) is 5.45. The van der Waals surface area contributed by atoms with Crippen LogP contribution in [-0.2, 0) is 4.79 Å². The van der Waals surface area contributed by atoms with Crippen molar-refractivity contribution in [3.05, 3.63) is 28.4 Å². The number of thioether (sulfide) groups is 1. The zero-order valence-electron chi connectivity index (χ0n) is 8.49. The Morgan fingerprint density at radius 3 is 3.00 bits per heavy atom. The largest absolute Gasteiger partial charge is 0.481 e. The molecule has 0 saturated heterocycles. The van der Waals surface area contributed by atoms with Crippen LogP contribution in [0.5, 0.6) is 0 Å². The van der Waals surface area contributed by atoms with Crippen molar-refractivity contribution in [3.63, 3.8) is 0 Å². The van der Waals surface area contributed by atoms with Crippen molar-refractivity contribution < 1.29 is 14.8 Å². The number of carboxylic acid groups (broad SMARTS) is 1. The molecular weight excluding hydrogens is 232 g/mol. The molecule has 1 N–H and O–H groups in total. The van der Waals surface area contributed by atoms with Gasteiger partial charge in [-0.2, -0.15) is 0 Å². The maximum absolute atomic E-state index is 10.6. The van der Waals surface area contributed by atoms with Gasteiger partial charge in [0.1, 0.15) is 0 Å². The lowest BCUT2D eigenvalue weighted by Gasteiger charge is -2.04. The lowest BCUT2D eigenvalue weighted by Crippen LogP contribution is -2.12. The average molecular weight is 242 g/mol. The fourth-order valence-electron chi connectivity index (χ4n) is 0.908. The molecule has 1 unspecified atom stereocenters. The summed E-state index contributed by atoms with van der Waals surface area (Å²) in [4.78, 5) is 24.5. The molecule has 0 fully saturated rings. The third-order valence-corrected chi connectivity index (χ3v) is 3.09. The molecule has 7 heteroatoms. The van der Waals surface area contributed by atoms with Crippen LogP contribution in [-0.4, -0.2) is 26.7 Å². The van der Waals surface area contributed by atoms with Gasteiger partial charge in [-0.1, -0.05) is 18.7 Å². The van der Waals surface area contributed by atoms with Crippen LogP contribution < -0.4 is 0 Å². The quantitative estimate of drug-likeness (QED) is 0.480. The van der Waals surface area contributed by atoms with E-state index in [9.17, 15) is 14.9 Å². The Labute approximate surface area is 95.8 Å². The molecular formula is C9H10N2O4S. The van der Waals surface area contributed by atoms with Crippen LogP contribution in [0.2, 0.25) is 0 Å². The summed E-state index contributed by atoms with van der Waals surface area (Å²) in [6.07, 6.45) is 1.45. The van der Waals surface area contributed by atoms with Crippen LogP contribution in [0.15, 0.2) is 23.4 Å². The Balaban J connectivity index is 2.74. The predicted octanol–water partition coefficient (Wildman–Crippen LogP) is 1.80. The normalized spacial score (nSPS) is 12.1. The average Bonchev–Trinajstić information content (AvgIpc) is 2.25. The number of pyridine rings is 1. The summed E-state index contributed by atoms with van der Waals surface area (Å²) in [5, 5.41) is 19.6. The first-order chi connectivity index (χ1) is 7.52. The van der Waals surface area contributed by atoms with Gasteiger partial charge in [0.15, 0.2) is 5.03 Å². The molecule has 1 rings (SSSR count). The highest BCUT2D eigenvalue weighted by Gasteiger charge is 2.17. The molecule has 1 heterocycles. The van der Waals surface area contributed by atoms with Gasteiger partial charge in [-0.05, 0) is 6.07 Å². The van der Waals surface area contributed by atoms with E-state index in [4.69, 9.17) is 5.11 Å². The highest BCUT2D eigenvalue weighted by Crippen LogP contribution is 2.27. The number of aliphatic carboxylic acids is 1. The Morgan fingerprint density at radius 2 is 2.44 bits per heavy atom. The van der Waals surface area contributed by atoms with E-state index in [1.165, 1.54) is 18.3 Å². The lowest BCUT2D eigenvalue weighted by molar-refractivity contribution is -0.388. The molecule has 0 amide bonds. The monoisotopic (exact) mass is 242 g/mol. The Kier molecular flexibility index (Phi) is 4.24. The molecule has 0 saturated carbocycles. The Morgan fingerprint density at radius 1 is 1.75 bits per heavy atom. The number of nitro groups is 1. The zero-order chi connectivity index (χ0) is 12.1. The third kappa shape index (κ3) is 3.20. The molecule has 0 aliphatic rings. The fourth-order valence-corrected chi connectivity index (χ4v) is 1.88. The SMILES string of the molecule is CC(CSc1ncccc1[N+](=O)[O-])C(=O)O. The number of nitrogens with zero attached hydrogens (tertiary/aromatic N) is 2. The molecule has 0 bridgehead atoms. The van der Waals surface area contributed by atoms with Crippen molar-refractivity contribution >= 4 is 23.4 Å². The maximum atomic E-state index is 10.6. The highest BCUT2D eigenvalue weighted by atomic mass is 32.2. The van der Waals surface area contributed by atoms with Gasteiger partial charge >= 0.3 is 11.7 Å². The van der Waals surface area contributed by atoms with Crippen LogP contribution in [0, 0.1) is 16.0 Å². The van der Waals surface area contributed by atoms with Gasteiger partial charge in [-0.3, -0.25) is 14.9 Å². The van der Waals surface area contributed by atoms with Gasteiger partial charge in [0.2, 0.25) is 0 Å². The number of aromatic nitrogens is 1. The summed E-state index contributed by atoms with van der Waals surface area (Å²) in [7, 11) is 0. The van der Waals surface area contributed by atoms with Crippen molar-refractivity contribution in [2.45, 2.75) is 11.9 Å². The van der Waals surface area contributed by atoms with E-state index in [0.717, 1.165) is 11.8 Å². The van der Waals surface area contributed by atoms with Crippen molar-refractivity contribution in [2.24, 2.45) is 5.92 Å². The van der Waals surface area contributed by atoms with E-state index >= 15 is 0 Å². The molecule has 6 nitrogen and oxygen atoms in total. The van der Waals surface area contributed by atoms with Crippen molar-refractivity contribution in [3.8, 4) is 0 Å². The summed E-state index contributed by atoms with van der Waals surface area (Å²) in [5.74, 6) is -1.23. The van der Waals surface area contributed by atoms with E-state index in [1.807, 2.05) is 0 Å². The molecule has 1 aromatic heterocycles. The standard InChI is InChI=1S/C9H10N2O4S/c1-6(9(12)13)5-16-8-7(11(14)15)3-2-4-10-8/h2-4,6H,5H2,1H3,(H,12,13). The second-order valence-corrected chi connectivity index (χ2v) is 4.14. The maximum Gasteiger partial charge on any atom is 0.307 e. The van der Waals surface area contributed by atoms with Crippen molar-refractivity contribution in [1.29, 1.82) is 0 Å². The first-order valence-electron chi connectivity index (χ1n) is 4.47. The Hall–Kier alpha value is -1.63. The second-order valence-electron chi connectivity index (χ2n) is 3.14. The first-order valence-corrected chi connectivity index (χ1v) is 5.46. The molecule has 0 aromatic carbocycles. The van der Waals surface area contributed by atoms with E-state index in [1.54, 1.807) is 6.92 Å². The smallest absolute Gasteiger partial charge is 0.307 e. The third-order valence-electron chi connectivity index (χ3n) is 1.84. The summed E-state index contributed by atoms with van der Waals surface area (Å²) in [5.41, 5.74) is -0.0925. The van der Waals surface area contributed by atoms with Crippen LogP contribution in [0.25, 0.3) is 0 Å². The summed E-state index contributed by atoms with van der Waals surface area (Å²) in [6.45, 7) is 1.55. The minimum absolute atomic E-state index is 0.0925. The van der Waals surface area contributed by atoms with E-state index in [-0.39, 0.29) is 16.5 Å². The van der Waals surface area contributed by atoms with Crippen LogP contribution in [0.3, 0.4) is 0 Å². The van der Waals surface area contributed by atoms with Gasteiger partial charge < -0.3 is 5.11 Å². The molecule has 16 heavy (non-hydrogen) atoms. The first kappa shape index (κ1) is 12.4. The van der Waals surface area contributed by atoms with Gasteiger partial charge in [-0.25, -0.2) is 4.98 Å². The van der Waals surface area contributed by atoms with E-state index < -0.39 is 16.8 Å². The number of carbonyl (C=O) groups is 1. The number of carboxylic acids is 1. The molecule has 0 aliphatic carbocycles. The number of rotatable bonds is 5. The minimum Gasteiger partial charge on any atom is -0.481 e. The van der Waals surface area contributed by atoms with Crippen molar-refractivity contribution in [2.75, 3.05) is 5.75 Å². The van der Waals surface area contributed by atoms with Crippen molar-refractivity contribution in [1.82, 2.24) is 4.98 Å². The predicted molar refractivity (Wildman–Crippen MR) is 58.4 cm³/mol. The highest BCUT2D eigenvalue weighted by molar-refractivity contribution is 7.99. The van der Waals surface area contributed by atoms with E-state index in [2.05, 4.69) is 4.98 Å². The van der Waals surface area contributed by atoms with Gasteiger partial charge in [0, 0.05) is 18.0 Å². The molecule has 1 atom stereocenters. The minimum atomic E-state index is -0.925. The summed E-state index contributed by atoms with van der Waals surface area (Å²) >= 11 is 1.08. The van der Waals surface area contributed by atoms with Gasteiger partial charge in [0.25, 0.3) is 0 Å². The fraction of sp³-hybridized carbons (Fsp3) is 0.333. The zero-order valence-corrected chi connectivity index (χ0v) is 9.31. The molecule has 0 radical (unpaired) electrons. The van der Waals surface area contributed by atoms with Crippen LogP contribution >= 0.6 is 11.8 Å². The lowest BCUT2D eigenvalue weighted by atomic mass is 10.2. The molecule has 1 aromatic rings. The molecule has 0 aliphatic heterocycles. The van der Waals surface area contributed by atoms with Crippen LogP contribution in [0.4, 0.5) is 5.69 Å². The molecule has 86 valence electrons. The van der Waals surface area contributed by atoms with Gasteiger partial charge in [0.05, 0.1) is 10.8 Å².